The van der Waals surface area contributed by atoms with Crippen LogP contribution in [0.2, 0.25) is 0 Å². The van der Waals surface area contributed by atoms with Crippen LogP contribution in [-0.4, -0.2) is 37.2 Å². The van der Waals surface area contributed by atoms with Crippen molar-refractivity contribution in [2.45, 2.75) is 335 Å². The van der Waals surface area contributed by atoms with Crippen molar-refractivity contribution in [3.05, 3.63) is 36.5 Å². The first-order valence-electron chi connectivity index (χ1n) is 30.5. The van der Waals surface area contributed by atoms with E-state index in [0.717, 1.165) is 70.6 Å². The van der Waals surface area contributed by atoms with E-state index in [1.165, 1.54) is 218 Å². The summed E-state index contributed by atoms with van der Waals surface area (Å²) in [4.78, 5) is 38.1. The maximum absolute atomic E-state index is 12.8. The minimum absolute atomic E-state index is 0.0704. The zero-order valence-electron chi connectivity index (χ0n) is 46.3. The Labute approximate surface area is 429 Å². The molecule has 6 nitrogen and oxygen atoms in total. The van der Waals surface area contributed by atoms with Gasteiger partial charge in [0.15, 0.2) is 6.10 Å². The molecule has 0 bridgehead atoms. The maximum atomic E-state index is 12.8. The van der Waals surface area contributed by atoms with E-state index in [2.05, 4.69) is 57.2 Å². The van der Waals surface area contributed by atoms with Gasteiger partial charge in [0.05, 0.1) is 0 Å². The molecular formula is C63H116O6. The van der Waals surface area contributed by atoms with Gasteiger partial charge in [0.2, 0.25) is 0 Å². The second kappa shape index (κ2) is 58.2. The number of ether oxygens (including phenoxy) is 3. The molecule has 6 heteroatoms. The third-order valence-corrected chi connectivity index (χ3v) is 13.6. The fraction of sp³-hybridized carbons (Fsp3) is 0.857. The predicted molar refractivity (Wildman–Crippen MR) is 298 cm³/mol. The van der Waals surface area contributed by atoms with Crippen molar-refractivity contribution in [3.8, 4) is 0 Å². The summed E-state index contributed by atoms with van der Waals surface area (Å²) in [5.41, 5.74) is 0. The van der Waals surface area contributed by atoms with Crippen LogP contribution in [0.5, 0.6) is 0 Å². The summed E-state index contributed by atoms with van der Waals surface area (Å²) in [7, 11) is 0. The van der Waals surface area contributed by atoms with Gasteiger partial charge < -0.3 is 14.2 Å². The normalized spacial score (nSPS) is 12.2. The third-order valence-electron chi connectivity index (χ3n) is 13.6. The summed E-state index contributed by atoms with van der Waals surface area (Å²) in [6.45, 7) is 6.62. The minimum atomic E-state index is -0.771. The molecule has 0 heterocycles. The monoisotopic (exact) mass is 969 g/mol. The van der Waals surface area contributed by atoms with E-state index in [0.29, 0.717) is 19.3 Å². The smallest absolute Gasteiger partial charge is 0.306 e. The standard InChI is InChI=1S/C63H116O6/c1-4-7-10-13-16-19-22-24-25-26-27-28-29-30-31-32-33-34-35-36-37-39-41-44-47-50-53-56-62(65)68-59-60(58-67-61(64)55-52-49-46-43-40-21-18-15-12-9-6-3)69-63(66)57-54-51-48-45-42-38-23-20-17-14-11-8-5-2/h15,18,22,24,26-27,60H,4-14,16-17,19-21,23,25,28-59H2,1-3H3/b18-15-,24-22-,27-26-. The number of carbonyl (C=O) groups is 3. The van der Waals surface area contributed by atoms with Gasteiger partial charge in [0, 0.05) is 19.3 Å². The molecule has 0 aromatic rings. The van der Waals surface area contributed by atoms with Crippen LogP contribution in [-0.2, 0) is 28.6 Å². The molecule has 0 aliphatic rings. The van der Waals surface area contributed by atoms with Gasteiger partial charge in [-0.2, -0.15) is 0 Å². The predicted octanol–water partition coefficient (Wildman–Crippen LogP) is 20.4. The fourth-order valence-electron chi connectivity index (χ4n) is 8.99. The number of hydrogen-bond acceptors (Lipinski definition) is 6. The largest absolute Gasteiger partial charge is 0.462 e. The van der Waals surface area contributed by atoms with Crippen LogP contribution in [0.15, 0.2) is 36.5 Å². The lowest BCUT2D eigenvalue weighted by Gasteiger charge is -2.18. The highest BCUT2D eigenvalue weighted by Crippen LogP contribution is 2.17. The molecule has 1 unspecified atom stereocenters. The van der Waals surface area contributed by atoms with E-state index >= 15 is 0 Å². The molecule has 1 atom stereocenters. The van der Waals surface area contributed by atoms with Gasteiger partial charge in [0.1, 0.15) is 13.2 Å². The lowest BCUT2D eigenvalue weighted by molar-refractivity contribution is -0.167. The van der Waals surface area contributed by atoms with E-state index in [9.17, 15) is 14.4 Å². The highest BCUT2D eigenvalue weighted by Gasteiger charge is 2.19. The van der Waals surface area contributed by atoms with Crippen molar-refractivity contribution < 1.29 is 28.6 Å². The zero-order chi connectivity index (χ0) is 50.0. The van der Waals surface area contributed by atoms with Crippen LogP contribution in [0.3, 0.4) is 0 Å². The quantitative estimate of drug-likeness (QED) is 0.0261. The fourth-order valence-corrected chi connectivity index (χ4v) is 8.99. The molecule has 0 aliphatic heterocycles. The Hall–Kier alpha value is -2.37. The Morgan fingerprint density at radius 1 is 0.290 bits per heavy atom. The van der Waals surface area contributed by atoms with Gasteiger partial charge in [-0.05, 0) is 70.6 Å². The zero-order valence-corrected chi connectivity index (χ0v) is 46.3. The first-order valence-corrected chi connectivity index (χ1v) is 30.5. The molecule has 0 radical (unpaired) electrons. The maximum Gasteiger partial charge on any atom is 0.306 e. The van der Waals surface area contributed by atoms with Crippen molar-refractivity contribution in [3.63, 3.8) is 0 Å². The van der Waals surface area contributed by atoms with Gasteiger partial charge in [-0.25, -0.2) is 0 Å². The summed E-state index contributed by atoms with van der Waals surface area (Å²) in [6.07, 6.45) is 70.1. The van der Waals surface area contributed by atoms with E-state index < -0.39 is 6.10 Å². The summed E-state index contributed by atoms with van der Waals surface area (Å²) < 4.78 is 16.9. The molecule has 404 valence electrons. The van der Waals surface area contributed by atoms with Crippen molar-refractivity contribution in [2.75, 3.05) is 13.2 Å². The van der Waals surface area contributed by atoms with E-state index in [1.807, 2.05) is 0 Å². The van der Waals surface area contributed by atoms with E-state index in [4.69, 9.17) is 14.2 Å². The van der Waals surface area contributed by atoms with Gasteiger partial charge in [-0.1, -0.05) is 276 Å². The minimum Gasteiger partial charge on any atom is -0.462 e. The molecule has 0 rings (SSSR count). The highest BCUT2D eigenvalue weighted by atomic mass is 16.6. The topological polar surface area (TPSA) is 78.9 Å². The number of unbranched alkanes of at least 4 members (excludes halogenated alkanes) is 39. The van der Waals surface area contributed by atoms with Crippen LogP contribution < -0.4 is 0 Å². The second-order valence-electron chi connectivity index (χ2n) is 20.6. The first kappa shape index (κ1) is 66.6. The Morgan fingerprint density at radius 3 is 0.855 bits per heavy atom. The molecule has 0 spiro atoms. The Kier molecular flexibility index (Phi) is 56.2. The van der Waals surface area contributed by atoms with Crippen molar-refractivity contribution >= 4 is 17.9 Å². The average Bonchev–Trinajstić information content (AvgIpc) is 3.35. The van der Waals surface area contributed by atoms with Gasteiger partial charge in [-0.3, -0.25) is 14.4 Å². The number of rotatable bonds is 56. The van der Waals surface area contributed by atoms with E-state index in [-0.39, 0.29) is 31.1 Å². The SMILES string of the molecule is CCCC/C=C\CCCCCCCC(=O)OCC(COC(=O)CCCCCCCCCCCCCCCCC/C=C\C/C=C\CCCCCCC)OC(=O)CCCCCCCCCCCCCCC. The average molecular weight is 970 g/mol. The molecule has 0 amide bonds. The number of esters is 3. The van der Waals surface area contributed by atoms with Crippen molar-refractivity contribution in [2.24, 2.45) is 0 Å². The van der Waals surface area contributed by atoms with Crippen LogP contribution in [0.25, 0.3) is 0 Å². The molecule has 0 N–H and O–H groups in total. The molecule has 0 aromatic heterocycles. The molecule has 69 heavy (non-hydrogen) atoms. The lowest BCUT2D eigenvalue weighted by atomic mass is 10.0. The van der Waals surface area contributed by atoms with Crippen LogP contribution >= 0.6 is 0 Å². The van der Waals surface area contributed by atoms with Crippen molar-refractivity contribution in [1.29, 1.82) is 0 Å². The molecule has 0 fully saturated rings. The molecule has 0 aliphatic carbocycles. The Balaban J connectivity index is 4.14. The van der Waals surface area contributed by atoms with Crippen LogP contribution in [0.1, 0.15) is 329 Å². The third kappa shape index (κ3) is 56.4. The number of allylic oxidation sites excluding steroid dienone is 6. The Morgan fingerprint density at radius 2 is 0.536 bits per heavy atom. The van der Waals surface area contributed by atoms with Crippen LogP contribution in [0.4, 0.5) is 0 Å². The highest BCUT2D eigenvalue weighted by molar-refractivity contribution is 5.71. The summed E-state index contributed by atoms with van der Waals surface area (Å²) in [6, 6.07) is 0. The Bertz CT molecular complexity index is 1160. The number of carbonyl (C=O) groups excluding carboxylic acids is 3. The van der Waals surface area contributed by atoms with Crippen LogP contribution in [0, 0.1) is 0 Å². The van der Waals surface area contributed by atoms with Gasteiger partial charge >= 0.3 is 17.9 Å². The molecular weight excluding hydrogens is 853 g/mol. The molecule has 0 saturated carbocycles. The summed E-state index contributed by atoms with van der Waals surface area (Å²) >= 11 is 0. The van der Waals surface area contributed by atoms with E-state index in [1.54, 1.807) is 0 Å². The second-order valence-corrected chi connectivity index (χ2v) is 20.6. The van der Waals surface area contributed by atoms with Crippen molar-refractivity contribution in [1.82, 2.24) is 0 Å². The van der Waals surface area contributed by atoms with Gasteiger partial charge in [0.25, 0.3) is 0 Å². The number of hydrogen-bond donors (Lipinski definition) is 0. The molecule has 0 saturated heterocycles. The van der Waals surface area contributed by atoms with Gasteiger partial charge in [-0.15, -0.1) is 0 Å². The lowest BCUT2D eigenvalue weighted by Crippen LogP contribution is -2.30. The molecule has 0 aromatic carbocycles. The first-order chi connectivity index (χ1) is 34.0. The summed E-state index contributed by atoms with van der Waals surface area (Å²) in [5.74, 6) is -0.863. The summed E-state index contributed by atoms with van der Waals surface area (Å²) in [5, 5.41) is 0.